The second kappa shape index (κ2) is 8.17. The van der Waals surface area contributed by atoms with Crippen LogP contribution >= 0.6 is 0 Å². The largest absolute Gasteiger partial charge is 0.462 e. The van der Waals surface area contributed by atoms with Crippen LogP contribution in [-0.2, 0) is 9.53 Å². The van der Waals surface area contributed by atoms with E-state index in [9.17, 15) is 4.79 Å². The Kier molecular flexibility index (Phi) is 7.19. The highest BCUT2D eigenvalue weighted by Crippen LogP contribution is 2.30. The third kappa shape index (κ3) is 7.85. The summed E-state index contributed by atoms with van der Waals surface area (Å²) in [7, 11) is 0. The highest BCUT2D eigenvalue weighted by Gasteiger charge is 2.39. The molecule has 0 spiro atoms. The van der Waals surface area contributed by atoms with E-state index in [0.29, 0.717) is 6.42 Å². The first-order chi connectivity index (χ1) is 9.74. The smallest absolute Gasteiger partial charge is 0.306 e. The topological polar surface area (TPSA) is 38.3 Å². The molecule has 124 valence electrons. The van der Waals surface area contributed by atoms with Crippen LogP contribution in [0.2, 0.25) is 0 Å². The molecule has 0 aromatic carbocycles. The third-order valence-corrected chi connectivity index (χ3v) is 4.19. The summed E-state index contributed by atoms with van der Waals surface area (Å²) in [6, 6.07) is 0. The minimum Gasteiger partial charge on any atom is -0.462 e. The highest BCUT2D eigenvalue weighted by atomic mass is 16.5. The van der Waals surface area contributed by atoms with Crippen LogP contribution in [-0.4, -0.2) is 23.2 Å². The minimum atomic E-state index is -0.0102. The molecule has 3 nitrogen and oxygen atoms in total. The van der Waals surface area contributed by atoms with Crippen molar-refractivity contribution in [3.05, 3.63) is 0 Å². The molecule has 3 heteroatoms. The minimum absolute atomic E-state index is 0.0102. The van der Waals surface area contributed by atoms with Crippen molar-refractivity contribution >= 4 is 5.97 Å². The molecule has 0 aliphatic carbocycles. The van der Waals surface area contributed by atoms with Gasteiger partial charge in [-0.3, -0.25) is 4.79 Å². The fourth-order valence-electron chi connectivity index (χ4n) is 3.61. The Labute approximate surface area is 131 Å². The van der Waals surface area contributed by atoms with Crippen LogP contribution in [0, 0.1) is 0 Å². The van der Waals surface area contributed by atoms with E-state index in [4.69, 9.17) is 4.74 Å². The Morgan fingerprint density at radius 3 is 2.10 bits per heavy atom. The van der Waals surface area contributed by atoms with E-state index in [2.05, 4.69) is 39.9 Å². The van der Waals surface area contributed by atoms with Gasteiger partial charge in [0.2, 0.25) is 0 Å². The predicted octanol–water partition coefficient (Wildman–Crippen LogP) is 4.59. The van der Waals surface area contributed by atoms with Crippen molar-refractivity contribution in [3.63, 3.8) is 0 Å². The summed E-state index contributed by atoms with van der Waals surface area (Å²) >= 11 is 0. The second-order valence-corrected chi connectivity index (χ2v) is 7.93. The normalized spacial score (nSPS) is 21.2. The number of piperidine rings is 1. The maximum Gasteiger partial charge on any atom is 0.306 e. The predicted molar refractivity (Wildman–Crippen MR) is 88.4 cm³/mol. The first-order valence-corrected chi connectivity index (χ1v) is 8.73. The summed E-state index contributed by atoms with van der Waals surface area (Å²) in [6.45, 7) is 11.0. The molecule has 1 saturated heterocycles. The molecule has 1 aliphatic rings. The summed E-state index contributed by atoms with van der Waals surface area (Å²) in [5.74, 6) is -0.0102. The van der Waals surface area contributed by atoms with E-state index in [-0.39, 0.29) is 23.2 Å². The lowest BCUT2D eigenvalue weighted by Crippen LogP contribution is -2.59. The van der Waals surface area contributed by atoms with Gasteiger partial charge in [0.1, 0.15) is 6.10 Å². The average molecular weight is 297 g/mol. The first-order valence-electron chi connectivity index (χ1n) is 8.73. The molecule has 0 bridgehead atoms. The van der Waals surface area contributed by atoms with Crippen molar-refractivity contribution in [2.45, 2.75) is 110 Å². The van der Waals surface area contributed by atoms with Gasteiger partial charge in [-0.15, -0.1) is 0 Å². The Morgan fingerprint density at radius 2 is 1.52 bits per heavy atom. The molecular formula is C18H35NO2. The molecule has 0 saturated carbocycles. The Hall–Kier alpha value is -0.570. The summed E-state index contributed by atoms with van der Waals surface area (Å²) in [5.41, 5.74) is 0.0691. The van der Waals surface area contributed by atoms with Gasteiger partial charge >= 0.3 is 5.97 Å². The molecule has 0 aromatic rings. The fourth-order valence-corrected chi connectivity index (χ4v) is 3.61. The summed E-state index contributed by atoms with van der Waals surface area (Å²) < 4.78 is 5.71. The highest BCUT2D eigenvalue weighted by molar-refractivity contribution is 5.69. The number of esters is 1. The monoisotopic (exact) mass is 297 g/mol. The maximum absolute atomic E-state index is 12.0. The molecule has 1 N–H and O–H groups in total. The van der Waals surface area contributed by atoms with Crippen LogP contribution in [0.4, 0.5) is 0 Å². The molecule has 21 heavy (non-hydrogen) atoms. The number of rotatable bonds is 8. The van der Waals surface area contributed by atoms with Crippen LogP contribution in [0.1, 0.15) is 92.4 Å². The van der Waals surface area contributed by atoms with Gasteiger partial charge in [-0.25, -0.2) is 0 Å². The SMILES string of the molecule is CCCCCCCCC(=O)OC1CC(C)(C)NC(C)(C)C1. The lowest BCUT2D eigenvalue weighted by molar-refractivity contribution is -0.153. The zero-order chi connectivity index (χ0) is 15.9. The Bertz CT molecular complexity index is 307. The molecule has 1 aliphatic heterocycles. The average Bonchev–Trinajstić information content (AvgIpc) is 2.29. The maximum atomic E-state index is 12.0. The number of carbonyl (C=O) groups excluding carboxylic acids is 1. The van der Waals surface area contributed by atoms with Crippen LogP contribution in [0.5, 0.6) is 0 Å². The van der Waals surface area contributed by atoms with E-state index in [1.165, 1.54) is 25.7 Å². The molecule has 1 fully saturated rings. The fraction of sp³-hybridized carbons (Fsp3) is 0.944. The van der Waals surface area contributed by atoms with Gasteiger partial charge in [0.25, 0.3) is 0 Å². The number of unbranched alkanes of at least 4 members (excludes halogenated alkanes) is 5. The van der Waals surface area contributed by atoms with Crippen molar-refractivity contribution in [3.8, 4) is 0 Å². The van der Waals surface area contributed by atoms with E-state index in [1.807, 2.05) is 0 Å². The van der Waals surface area contributed by atoms with Crippen LogP contribution < -0.4 is 5.32 Å². The van der Waals surface area contributed by atoms with E-state index < -0.39 is 0 Å². The molecule has 1 heterocycles. The molecular weight excluding hydrogens is 262 g/mol. The van der Waals surface area contributed by atoms with Crippen LogP contribution in [0.3, 0.4) is 0 Å². The van der Waals surface area contributed by atoms with Crippen molar-refractivity contribution in [1.29, 1.82) is 0 Å². The zero-order valence-electron chi connectivity index (χ0n) is 14.8. The Morgan fingerprint density at radius 1 is 1.00 bits per heavy atom. The molecule has 0 amide bonds. The van der Waals surface area contributed by atoms with E-state index in [0.717, 1.165) is 25.7 Å². The number of hydrogen-bond donors (Lipinski definition) is 1. The van der Waals surface area contributed by atoms with Gasteiger partial charge < -0.3 is 10.1 Å². The van der Waals surface area contributed by atoms with Gasteiger partial charge in [0.15, 0.2) is 0 Å². The number of ether oxygens (including phenoxy) is 1. The van der Waals surface area contributed by atoms with Gasteiger partial charge in [0, 0.05) is 30.3 Å². The molecule has 0 unspecified atom stereocenters. The van der Waals surface area contributed by atoms with Crippen LogP contribution in [0.25, 0.3) is 0 Å². The van der Waals surface area contributed by atoms with Gasteiger partial charge in [0.05, 0.1) is 0 Å². The second-order valence-electron chi connectivity index (χ2n) is 7.93. The molecule has 0 atom stereocenters. The van der Waals surface area contributed by atoms with E-state index >= 15 is 0 Å². The summed E-state index contributed by atoms with van der Waals surface area (Å²) in [4.78, 5) is 12.0. The first kappa shape index (κ1) is 18.5. The Balaban J connectivity index is 2.24. The zero-order valence-corrected chi connectivity index (χ0v) is 14.8. The number of nitrogens with one attached hydrogen (secondary N) is 1. The molecule has 0 radical (unpaired) electrons. The van der Waals surface area contributed by atoms with Crippen LogP contribution in [0.15, 0.2) is 0 Å². The standard InChI is InChI=1S/C18H35NO2/c1-6-7-8-9-10-11-12-16(20)21-15-13-17(2,3)19-18(4,5)14-15/h15,19H,6-14H2,1-5H3. The van der Waals surface area contributed by atoms with Gasteiger partial charge in [-0.1, -0.05) is 39.0 Å². The van der Waals surface area contributed by atoms with Crippen molar-refractivity contribution < 1.29 is 9.53 Å². The molecule has 0 aromatic heterocycles. The lowest BCUT2D eigenvalue weighted by Gasteiger charge is -2.45. The summed E-state index contributed by atoms with van der Waals surface area (Å²) in [6.07, 6.45) is 9.68. The van der Waals surface area contributed by atoms with Crippen molar-refractivity contribution in [2.75, 3.05) is 0 Å². The van der Waals surface area contributed by atoms with Gasteiger partial charge in [-0.2, -0.15) is 0 Å². The summed E-state index contributed by atoms with van der Waals surface area (Å²) in [5, 5.41) is 3.62. The van der Waals surface area contributed by atoms with Crippen molar-refractivity contribution in [2.24, 2.45) is 0 Å². The lowest BCUT2D eigenvalue weighted by atomic mass is 9.81. The van der Waals surface area contributed by atoms with Gasteiger partial charge in [-0.05, 0) is 34.1 Å². The third-order valence-electron chi connectivity index (χ3n) is 4.19. The number of carbonyl (C=O) groups is 1. The van der Waals surface area contributed by atoms with Crippen molar-refractivity contribution in [1.82, 2.24) is 5.32 Å². The molecule has 1 rings (SSSR count). The van der Waals surface area contributed by atoms with E-state index in [1.54, 1.807) is 0 Å². The number of hydrogen-bond acceptors (Lipinski definition) is 3. The quantitative estimate of drug-likeness (QED) is 0.526.